The summed E-state index contributed by atoms with van der Waals surface area (Å²) >= 11 is 1.90. The number of benzene rings is 1. The zero-order valence-electron chi connectivity index (χ0n) is 11.2. The van der Waals surface area contributed by atoms with Crippen LogP contribution in [-0.2, 0) is 10.0 Å². The summed E-state index contributed by atoms with van der Waals surface area (Å²) in [7, 11) is -0.348. The largest absolute Gasteiger partial charge is 0.397 e. The van der Waals surface area contributed by atoms with E-state index in [-0.39, 0.29) is 0 Å². The molecule has 1 aliphatic rings. The molecule has 1 aromatic rings. The summed E-state index contributed by atoms with van der Waals surface area (Å²) in [6, 6.07) is 4.92. The van der Waals surface area contributed by atoms with Crippen LogP contribution in [0, 0.1) is 0 Å². The Hall–Kier alpha value is -0.920. The predicted octanol–water partition coefficient (Wildman–Crippen LogP) is 1.07. The highest BCUT2D eigenvalue weighted by Gasteiger charge is 2.21. The van der Waals surface area contributed by atoms with Crippen LogP contribution in [0.4, 0.5) is 11.4 Å². The van der Waals surface area contributed by atoms with Crippen molar-refractivity contribution < 1.29 is 8.42 Å². The molecule has 0 amide bonds. The van der Waals surface area contributed by atoms with Crippen molar-refractivity contribution in [2.45, 2.75) is 4.90 Å². The maximum atomic E-state index is 12.1. The second-order valence-electron chi connectivity index (χ2n) is 4.61. The van der Waals surface area contributed by atoms with Crippen LogP contribution in [-0.4, -0.2) is 51.4 Å². The summed E-state index contributed by atoms with van der Waals surface area (Å²) in [5, 5.41) is 0. The molecular weight excluding hydrogens is 282 g/mol. The second-order valence-corrected chi connectivity index (χ2v) is 7.98. The van der Waals surface area contributed by atoms with Gasteiger partial charge >= 0.3 is 0 Å². The van der Waals surface area contributed by atoms with E-state index in [1.807, 2.05) is 11.8 Å². The summed E-state index contributed by atoms with van der Waals surface area (Å²) < 4.78 is 25.5. The zero-order valence-corrected chi connectivity index (χ0v) is 12.8. The Kier molecular flexibility index (Phi) is 4.27. The van der Waals surface area contributed by atoms with Gasteiger partial charge in [0.15, 0.2) is 0 Å². The number of hydrogen-bond donors (Lipinski definition) is 1. The molecule has 1 aliphatic heterocycles. The minimum Gasteiger partial charge on any atom is -0.397 e. The predicted molar refractivity (Wildman–Crippen MR) is 81.3 cm³/mol. The Bertz CT molecular complexity index is 552. The molecule has 0 aliphatic carbocycles. The molecule has 0 spiro atoms. The van der Waals surface area contributed by atoms with Crippen LogP contribution >= 0.6 is 11.8 Å². The van der Waals surface area contributed by atoms with Gasteiger partial charge < -0.3 is 10.6 Å². The molecule has 2 rings (SSSR count). The number of anilines is 2. The molecule has 0 saturated carbocycles. The van der Waals surface area contributed by atoms with E-state index in [0.29, 0.717) is 10.6 Å². The van der Waals surface area contributed by atoms with Crippen LogP contribution in [0.1, 0.15) is 0 Å². The van der Waals surface area contributed by atoms with Crippen LogP contribution < -0.4 is 10.6 Å². The fourth-order valence-electron chi connectivity index (χ4n) is 1.97. The number of sulfonamides is 1. The highest BCUT2D eigenvalue weighted by molar-refractivity contribution is 7.99. The lowest BCUT2D eigenvalue weighted by Gasteiger charge is -2.30. The molecule has 0 unspecified atom stereocenters. The Morgan fingerprint density at radius 1 is 1.26 bits per heavy atom. The van der Waals surface area contributed by atoms with Gasteiger partial charge in [-0.3, -0.25) is 0 Å². The van der Waals surface area contributed by atoms with E-state index < -0.39 is 10.0 Å². The lowest BCUT2D eigenvalue weighted by molar-refractivity contribution is 0.521. The van der Waals surface area contributed by atoms with Crippen molar-refractivity contribution in [3.05, 3.63) is 18.2 Å². The van der Waals surface area contributed by atoms with E-state index in [2.05, 4.69) is 4.90 Å². The van der Waals surface area contributed by atoms with Gasteiger partial charge in [-0.05, 0) is 18.2 Å². The molecule has 7 heteroatoms. The van der Waals surface area contributed by atoms with Crippen molar-refractivity contribution in [1.82, 2.24) is 4.31 Å². The SMILES string of the molecule is CN(C)S(=O)(=O)c1ccc(N)c(N2CCSCC2)c1. The topological polar surface area (TPSA) is 66.6 Å². The van der Waals surface area contributed by atoms with Gasteiger partial charge in [-0.25, -0.2) is 12.7 Å². The van der Waals surface area contributed by atoms with Crippen molar-refractivity contribution in [2.75, 3.05) is 49.3 Å². The fourth-order valence-corrected chi connectivity index (χ4v) is 3.80. The molecule has 5 nitrogen and oxygen atoms in total. The Labute approximate surface area is 118 Å². The maximum Gasteiger partial charge on any atom is 0.242 e. The molecule has 0 radical (unpaired) electrons. The lowest BCUT2D eigenvalue weighted by Crippen LogP contribution is -2.33. The summed E-state index contributed by atoms with van der Waals surface area (Å²) in [5.41, 5.74) is 7.43. The summed E-state index contributed by atoms with van der Waals surface area (Å²) in [6.07, 6.45) is 0. The van der Waals surface area contributed by atoms with E-state index >= 15 is 0 Å². The van der Waals surface area contributed by atoms with Crippen molar-refractivity contribution in [3.8, 4) is 0 Å². The summed E-state index contributed by atoms with van der Waals surface area (Å²) in [6.45, 7) is 1.81. The Morgan fingerprint density at radius 2 is 1.89 bits per heavy atom. The fraction of sp³-hybridized carbons (Fsp3) is 0.500. The monoisotopic (exact) mass is 301 g/mol. The molecule has 0 aromatic heterocycles. The van der Waals surface area contributed by atoms with E-state index in [9.17, 15) is 8.42 Å². The number of thioether (sulfide) groups is 1. The molecule has 1 saturated heterocycles. The molecule has 1 fully saturated rings. The van der Waals surface area contributed by atoms with E-state index in [4.69, 9.17) is 5.73 Å². The zero-order chi connectivity index (χ0) is 14.0. The number of nitrogens with zero attached hydrogens (tertiary/aromatic N) is 2. The molecule has 106 valence electrons. The van der Waals surface area contributed by atoms with E-state index in [1.165, 1.54) is 18.4 Å². The first-order chi connectivity index (χ1) is 8.93. The number of rotatable bonds is 3. The maximum absolute atomic E-state index is 12.1. The van der Waals surface area contributed by atoms with Crippen LogP contribution in [0.5, 0.6) is 0 Å². The summed E-state index contributed by atoms with van der Waals surface area (Å²) in [4.78, 5) is 2.44. The molecule has 19 heavy (non-hydrogen) atoms. The normalized spacial score (nSPS) is 16.9. The molecule has 1 aromatic carbocycles. The van der Waals surface area contributed by atoms with Gasteiger partial charge in [-0.2, -0.15) is 11.8 Å². The van der Waals surface area contributed by atoms with Crippen LogP contribution in [0.25, 0.3) is 0 Å². The third-order valence-corrected chi connectivity index (χ3v) is 5.89. The van der Waals surface area contributed by atoms with Gasteiger partial charge in [0, 0.05) is 38.7 Å². The average molecular weight is 301 g/mol. The second kappa shape index (κ2) is 5.60. The minimum absolute atomic E-state index is 0.292. The third-order valence-electron chi connectivity index (χ3n) is 3.13. The highest BCUT2D eigenvalue weighted by Crippen LogP contribution is 2.29. The molecule has 0 atom stereocenters. The smallest absolute Gasteiger partial charge is 0.242 e. The third kappa shape index (κ3) is 2.98. The van der Waals surface area contributed by atoms with Gasteiger partial charge in [-0.15, -0.1) is 0 Å². The van der Waals surface area contributed by atoms with Gasteiger partial charge in [-0.1, -0.05) is 0 Å². The first-order valence-corrected chi connectivity index (χ1v) is 8.67. The van der Waals surface area contributed by atoms with E-state index in [1.54, 1.807) is 18.2 Å². The number of hydrogen-bond acceptors (Lipinski definition) is 5. The van der Waals surface area contributed by atoms with Crippen molar-refractivity contribution >= 4 is 33.2 Å². The Morgan fingerprint density at radius 3 is 2.47 bits per heavy atom. The van der Waals surface area contributed by atoms with Crippen molar-refractivity contribution in [2.24, 2.45) is 0 Å². The number of nitrogens with two attached hydrogens (primary N) is 1. The van der Waals surface area contributed by atoms with Crippen LogP contribution in [0.15, 0.2) is 23.1 Å². The van der Waals surface area contributed by atoms with Crippen LogP contribution in [0.3, 0.4) is 0 Å². The van der Waals surface area contributed by atoms with Gasteiger partial charge in [0.2, 0.25) is 10.0 Å². The van der Waals surface area contributed by atoms with Gasteiger partial charge in [0.05, 0.1) is 16.3 Å². The highest BCUT2D eigenvalue weighted by atomic mass is 32.2. The molecule has 0 bridgehead atoms. The average Bonchev–Trinajstić information content (AvgIpc) is 2.39. The van der Waals surface area contributed by atoms with Crippen LogP contribution in [0.2, 0.25) is 0 Å². The Balaban J connectivity index is 2.40. The van der Waals surface area contributed by atoms with Gasteiger partial charge in [0.25, 0.3) is 0 Å². The van der Waals surface area contributed by atoms with E-state index in [0.717, 1.165) is 30.3 Å². The number of nitrogen functional groups attached to an aromatic ring is 1. The molecule has 2 N–H and O–H groups in total. The molecule has 1 heterocycles. The van der Waals surface area contributed by atoms with Gasteiger partial charge in [0.1, 0.15) is 0 Å². The lowest BCUT2D eigenvalue weighted by atomic mass is 10.2. The first-order valence-electron chi connectivity index (χ1n) is 6.07. The quantitative estimate of drug-likeness (QED) is 0.846. The summed E-state index contributed by atoms with van der Waals surface area (Å²) in [5.74, 6) is 2.09. The van der Waals surface area contributed by atoms with Crippen molar-refractivity contribution in [1.29, 1.82) is 0 Å². The minimum atomic E-state index is -3.41. The molecular formula is C12H19N3O2S2. The van der Waals surface area contributed by atoms with Crippen molar-refractivity contribution in [3.63, 3.8) is 0 Å². The first kappa shape index (κ1) is 14.5. The standard InChI is InChI=1S/C12H19N3O2S2/c1-14(2)19(16,17)10-3-4-11(13)12(9-10)15-5-7-18-8-6-15/h3-4,9H,5-8,13H2,1-2H3.